The fourth-order valence-electron chi connectivity index (χ4n) is 2.58. The summed E-state index contributed by atoms with van der Waals surface area (Å²) in [5.74, 6) is 1.58. The van der Waals surface area contributed by atoms with Crippen molar-refractivity contribution in [2.75, 3.05) is 0 Å². The minimum Gasteiger partial charge on any atom is -0.467 e. The molecular weight excluding hydrogens is 322 g/mol. The van der Waals surface area contributed by atoms with Gasteiger partial charge in [0.15, 0.2) is 0 Å². The van der Waals surface area contributed by atoms with Gasteiger partial charge in [-0.1, -0.05) is 41.9 Å². The molecule has 4 heteroatoms. The Kier molecular flexibility index (Phi) is 3.93. The van der Waals surface area contributed by atoms with Crippen LogP contribution in [-0.2, 0) is 6.54 Å². The second-order valence-corrected chi connectivity index (χ2v) is 5.83. The smallest absolute Gasteiger partial charge is 0.136 e. The van der Waals surface area contributed by atoms with Crippen LogP contribution in [0.5, 0.6) is 0 Å². The standard InChI is InChI=1S/C20H14ClNO2/c21-15-8-9-19-17(11-15)18(22-13-16-7-4-10-23-16)12-20(24-19)14-5-2-1-3-6-14/h1-12H,13H2/b22-18+. The highest BCUT2D eigenvalue weighted by Gasteiger charge is 2.06. The fourth-order valence-corrected chi connectivity index (χ4v) is 2.75. The molecule has 4 rings (SSSR count). The van der Waals surface area contributed by atoms with E-state index in [0.717, 1.165) is 33.4 Å². The number of rotatable bonds is 3. The normalized spacial score (nSPS) is 12.0. The molecule has 0 aliphatic carbocycles. The van der Waals surface area contributed by atoms with Gasteiger partial charge in [0.1, 0.15) is 17.1 Å². The van der Waals surface area contributed by atoms with Gasteiger partial charge < -0.3 is 8.83 Å². The number of nitrogens with zero attached hydrogens (tertiary/aromatic N) is 1. The Balaban J connectivity index is 1.91. The predicted molar refractivity (Wildman–Crippen MR) is 94.6 cm³/mol. The maximum absolute atomic E-state index is 6.15. The summed E-state index contributed by atoms with van der Waals surface area (Å²) in [5.41, 5.74) is 1.75. The molecule has 0 saturated heterocycles. The van der Waals surface area contributed by atoms with Crippen LogP contribution in [0.1, 0.15) is 5.76 Å². The zero-order valence-corrected chi connectivity index (χ0v) is 13.5. The van der Waals surface area contributed by atoms with Crippen LogP contribution >= 0.6 is 11.6 Å². The minimum absolute atomic E-state index is 0.465. The van der Waals surface area contributed by atoms with Crippen molar-refractivity contribution < 1.29 is 8.83 Å². The molecule has 2 heterocycles. The lowest BCUT2D eigenvalue weighted by Crippen LogP contribution is -2.04. The highest BCUT2D eigenvalue weighted by Crippen LogP contribution is 2.23. The third-order valence-corrected chi connectivity index (χ3v) is 3.98. The van der Waals surface area contributed by atoms with Gasteiger partial charge in [-0.25, -0.2) is 0 Å². The highest BCUT2D eigenvalue weighted by molar-refractivity contribution is 6.31. The Morgan fingerprint density at radius 3 is 2.58 bits per heavy atom. The van der Waals surface area contributed by atoms with Gasteiger partial charge in [0.25, 0.3) is 0 Å². The molecule has 0 radical (unpaired) electrons. The SMILES string of the molecule is Clc1ccc2oc(-c3ccccc3)c/c(=N\Cc3ccco3)c2c1. The molecule has 2 aromatic heterocycles. The van der Waals surface area contributed by atoms with Crippen molar-refractivity contribution in [3.8, 4) is 11.3 Å². The van der Waals surface area contributed by atoms with E-state index in [1.807, 2.05) is 66.7 Å². The summed E-state index contributed by atoms with van der Waals surface area (Å²) in [5, 5.41) is 2.36. The Morgan fingerprint density at radius 2 is 1.79 bits per heavy atom. The molecule has 0 N–H and O–H groups in total. The van der Waals surface area contributed by atoms with Gasteiger partial charge in [-0.15, -0.1) is 0 Å². The quantitative estimate of drug-likeness (QED) is 0.499. The van der Waals surface area contributed by atoms with Crippen molar-refractivity contribution in [3.63, 3.8) is 0 Å². The molecule has 0 amide bonds. The summed E-state index contributed by atoms with van der Waals surface area (Å²) < 4.78 is 11.4. The minimum atomic E-state index is 0.465. The first-order valence-corrected chi connectivity index (χ1v) is 7.99. The molecular formula is C20H14ClNO2. The topological polar surface area (TPSA) is 38.6 Å². The summed E-state index contributed by atoms with van der Waals surface area (Å²) in [6.07, 6.45) is 1.65. The molecule has 2 aromatic carbocycles. The number of benzene rings is 2. The molecule has 0 aliphatic rings. The number of hydrogen-bond donors (Lipinski definition) is 0. The Labute approximate surface area is 143 Å². The van der Waals surface area contributed by atoms with E-state index in [9.17, 15) is 0 Å². The summed E-state index contributed by atoms with van der Waals surface area (Å²) in [7, 11) is 0. The van der Waals surface area contributed by atoms with E-state index in [-0.39, 0.29) is 0 Å². The third-order valence-electron chi connectivity index (χ3n) is 3.75. The van der Waals surface area contributed by atoms with Crippen LogP contribution in [0.25, 0.3) is 22.3 Å². The van der Waals surface area contributed by atoms with Crippen molar-refractivity contribution in [3.05, 3.63) is 89.1 Å². The maximum Gasteiger partial charge on any atom is 0.136 e. The second-order valence-electron chi connectivity index (χ2n) is 5.40. The van der Waals surface area contributed by atoms with E-state index in [1.54, 1.807) is 6.26 Å². The Bertz CT molecular complexity index is 1030. The van der Waals surface area contributed by atoms with E-state index in [4.69, 9.17) is 25.4 Å². The zero-order valence-electron chi connectivity index (χ0n) is 12.8. The van der Waals surface area contributed by atoms with Crippen LogP contribution in [0, 0.1) is 0 Å². The van der Waals surface area contributed by atoms with Crippen molar-refractivity contribution in [1.82, 2.24) is 0 Å². The number of fused-ring (bicyclic) bond motifs is 1. The largest absolute Gasteiger partial charge is 0.467 e. The van der Waals surface area contributed by atoms with Gasteiger partial charge >= 0.3 is 0 Å². The maximum atomic E-state index is 6.15. The molecule has 0 saturated carbocycles. The van der Waals surface area contributed by atoms with Crippen molar-refractivity contribution in [2.45, 2.75) is 6.54 Å². The van der Waals surface area contributed by atoms with Gasteiger partial charge in [-0.05, 0) is 30.3 Å². The Hall–Kier alpha value is -2.78. The van der Waals surface area contributed by atoms with Gasteiger partial charge in [-0.3, -0.25) is 4.99 Å². The van der Waals surface area contributed by atoms with Crippen molar-refractivity contribution >= 4 is 22.6 Å². The van der Waals surface area contributed by atoms with E-state index >= 15 is 0 Å². The van der Waals surface area contributed by atoms with Gasteiger partial charge in [0.2, 0.25) is 0 Å². The first-order valence-electron chi connectivity index (χ1n) is 7.61. The summed E-state index contributed by atoms with van der Waals surface area (Å²) in [6, 6.07) is 21.2. The highest BCUT2D eigenvalue weighted by atomic mass is 35.5. The molecule has 0 atom stereocenters. The molecule has 0 aliphatic heterocycles. The molecule has 0 fully saturated rings. The summed E-state index contributed by atoms with van der Waals surface area (Å²) in [4.78, 5) is 4.69. The lowest BCUT2D eigenvalue weighted by molar-refractivity contribution is 0.511. The Morgan fingerprint density at radius 1 is 0.917 bits per heavy atom. The van der Waals surface area contributed by atoms with E-state index in [2.05, 4.69) is 0 Å². The molecule has 0 unspecified atom stereocenters. The van der Waals surface area contributed by atoms with Crippen LogP contribution < -0.4 is 5.36 Å². The number of hydrogen-bond acceptors (Lipinski definition) is 3. The monoisotopic (exact) mass is 335 g/mol. The average molecular weight is 336 g/mol. The number of furan rings is 1. The van der Waals surface area contributed by atoms with E-state index in [1.165, 1.54) is 0 Å². The van der Waals surface area contributed by atoms with Gasteiger partial charge in [-0.2, -0.15) is 0 Å². The van der Waals surface area contributed by atoms with Crippen LogP contribution in [0.3, 0.4) is 0 Å². The molecule has 118 valence electrons. The fraction of sp³-hybridized carbons (Fsp3) is 0.0500. The van der Waals surface area contributed by atoms with Crippen LogP contribution in [0.4, 0.5) is 0 Å². The van der Waals surface area contributed by atoms with Gasteiger partial charge in [0, 0.05) is 22.0 Å². The van der Waals surface area contributed by atoms with Crippen LogP contribution in [0.2, 0.25) is 5.02 Å². The third kappa shape index (κ3) is 2.99. The molecule has 24 heavy (non-hydrogen) atoms. The first-order chi connectivity index (χ1) is 11.8. The molecule has 0 bridgehead atoms. The average Bonchev–Trinajstić information content (AvgIpc) is 3.14. The van der Waals surface area contributed by atoms with Crippen LogP contribution in [0.15, 0.2) is 86.8 Å². The molecule has 4 aromatic rings. The molecule has 3 nitrogen and oxygen atoms in total. The van der Waals surface area contributed by atoms with E-state index in [0.29, 0.717) is 11.6 Å². The predicted octanol–water partition coefficient (Wildman–Crippen LogP) is 5.45. The lowest BCUT2D eigenvalue weighted by Gasteiger charge is -2.05. The lowest BCUT2D eigenvalue weighted by atomic mass is 10.1. The second kappa shape index (κ2) is 6.38. The van der Waals surface area contributed by atoms with Crippen LogP contribution in [-0.4, -0.2) is 0 Å². The summed E-state index contributed by atoms with van der Waals surface area (Å²) >= 11 is 6.15. The van der Waals surface area contributed by atoms with E-state index < -0.39 is 0 Å². The van der Waals surface area contributed by atoms with Gasteiger partial charge in [0.05, 0.1) is 18.2 Å². The summed E-state index contributed by atoms with van der Waals surface area (Å²) in [6.45, 7) is 0.465. The number of halogens is 1. The first kappa shape index (κ1) is 14.8. The molecule has 0 spiro atoms. The van der Waals surface area contributed by atoms with Crippen molar-refractivity contribution in [1.29, 1.82) is 0 Å². The zero-order chi connectivity index (χ0) is 16.4. The van der Waals surface area contributed by atoms with Crippen molar-refractivity contribution in [2.24, 2.45) is 4.99 Å².